The minimum atomic E-state index is -0.128. The maximum absolute atomic E-state index is 5.60. The van der Waals surface area contributed by atoms with E-state index in [0.29, 0.717) is 5.95 Å². The summed E-state index contributed by atoms with van der Waals surface area (Å²) in [5.41, 5.74) is 5.26. The van der Waals surface area contributed by atoms with E-state index in [9.17, 15) is 0 Å². The lowest BCUT2D eigenvalue weighted by atomic mass is 10.1. The first-order chi connectivity index (χ1) is 5.87. The molecule has 72 valence electrons. The lowest BCUT2D eigenvalue weighted by Crippen LogP contribution is -2.27. The highest BCUT2D eigenvalue weighted by atomic mass is 35.5. The summed E-state index contributed by atoms with van der Waals surface area (Å²) in [6.45, 7) is 5.96. The zero-order valence-corrected chi connectivity index (χ0v) is 8.55. The van der Waals surface area contributed by atoms with Gasteiger partial charge in [-0.25, -0.2) is 0 Å². The number of nitrogen functional groups attached to an aromatic ring is 1. The molecule has 0 spiro atoms. The Kier molecular flexibility index (Phi) is 2.56. The molecule has 0 radical (unpaired) electrons. The van der Waals surface area contributed by atoms with Gasteiger partial charge >= 0.3 is 0 Å². The number of hydrogen-bond acceptors (Lipinski definition) is 5. The Morgan fingerprint density at radius 3 is 2.31 bits per heavy atom. The van der Waals surface area contributed by atoms with E-state index in [1.165, 1.54) is 0 Å². The minimum Gasteiger partial charge on any atom is -0.368 e. The van der Waals surface area contributed by atoms with Crippen molar-refractivity contribution >= 4 is 23.5 Å². The van der Waals surface area contributed by atoms with Gasteiger partial charge in [0.25, 0.3) is 0 Å². The molecule has 1 aromatic heterocycles. The van der Waals surface area contributed by atoms with Gasteiger partial charge in [0.15, 0.2) is 0 Å². The number of nitrogens with zero attached hydrogens (tertiary/aromatic N) is 3. The van der Waals surface area contributed by atoms with Crippen molar-refractivity contribution in [1.29, 1.82) is 0 Å². The lowest BCUT2D eigenvalue weighted by Gasteiger charge is -2.20. The summed E-state index contributed by atoms with van der Waals surface area (Å²) in [6.07, 6.45) is 0. The highest BCUT2D eigenvalue weighted by Crippen LogP contribution is 2.12. The van der Waals surface area contributed by atoms with Crippen LogP contribution in [-0.4, -0.2) is 20.5 Å². The second kappa shape index (κ2) is 3.33. The SMILES string of the molecule is CC(C)(C)Nc1nc(N)nc(Cl)n1. The summed E-state index contributed by atoms with van der Waals surface area (Å²) < 4.78 is 0. The summed E-state index contributed by atoms with van der Waals surface area (Å²) in [4.78, 5) is 11.4. The number of nitrogens with two attached hydrogens (primary N) is 1. The maximum Gasteiger partial charge on any atom is 0.229 e. The number of halogens is 1. The van der Waals surface area contributed by atoms with Crippen LogP contribution in [0.25, 0.3) is 0 Å². The zero-order valence-electron chi connectivity index (χ0n) is 7.80. The predicted molar refractivity (Wildman–Crippen MR) is 52.6 cm³/mol. The molecule has 0 atom stereocenters. The first-order valence-electron chi connectivity index (χ1n) is 3.82. The van der Waals surface area contributed by atoms with Crippen molar-refractivity contribution in [3.63, 3.8) is 0 Å². The Bertz CT molecular complexity index is 286. The van der Waals surface area contributed by atoms with Crippen LogP contribution in [0.1, 0.15) is 20.8 Å². The molecule has 5 nitrogen and oxygen atoms in total. The Morgan fingerprint density at radius 2 is 1.85 bits per heavy atom. The van der Waals surface area contributed by atoms with E-state index in [0.717, 1.165) is 0 Å². The maximum atomic E-state index is 5.60. The molecule has 0 unspecified atom stereocenters. The van der Waals surface area contributed by atoms with Gasteiger partial charge in [0.2, 0.25) is 17.2 Å². The first kappa shape index (κ1) is 9.98. The van der Waals surface area contributed by atoms with Crippen molar-refractivity contribution in [3.05, 3.63) is 5.28 Å². The van der Waals surface area contributed by atoms with Gasteiger partial charge in [-0.2, -0.15) is 15.0 Å². The molecule has 0 fully saturated rings. The molecule has 13 heavy (non-hydrogen) atoms. The molecule has 0 aliphatic heterocycles. The van der Waals surface area contributed by atoms with Crippen LogP contribution in [0.5, 0.6) is 0 Å². The Hall–Kier alpha value is -1.10. The molecule has 0 bridgehead atoms. The summed E-state index contributed by atoms with van der Waals surface area (Å²) in [6, 6.07) is 0. The fourth-order valence-electron chi connectivity index (χ4n) is 0.757. The van der Waals surface area contributed by atoms with Crippen LogP contribution in [0.3, 0.4) is 0 Å². The normalized spacial score (nSPS) is 11.4. The molecule has 1 rings (SSSR count). The standard InChI is InChI=1S/C7H12ClN5/c1-7(2,3)13-6-11-4(8)10-5(9)12-6/h1-3H3,(H3,9,10,11,12,13). The topological polar surface area (TPSA) is 76.7 Å². The smallest absolute Gasteiger partial charge is 0.229 e. The molecule has 0 amide bonds. The van der Waals surface area contributed by atoms with E-state index in [1.807, 2.05) is 20.8 Å². The summed E-state index contributed by atoms with van der Waals surface area (Å²) in [7, 11) is 0. The highest BCUT2D eigenvalue weighted by Gasteiger charge is 2.12. The zero-order chi connectivity index (χ0) is 10.1. The first-order valence-corrected chi connectivity index (χ1v) is 4.20. The van der Waals surface area contributed by atoms with Gasteiger partial charge in [0.1, 0.15) is 0 Å². The van der Waals surface area contributed by atoms with Crippen molar-refractivity contribution in [2.24, 2.45) is 0 Å². The van der Waals surface area contributed by atoms with E-state index in [-0.39, 0.29) is 16.8 Å². The third-order valence-corrected chi connectivity index (χ3v) is 1.28. The van der Waals surface area contributed by atoms with Gasteiger partial charge in [-0.3, -0.25) is 0 Å². The van der Waals surface area contributed by atoms with Gasteiger partial charge < -0.3 is 11.1 Å². The molecule has 0 saturated carbocycles. The Morgan fingerprint density at radius 1 is 1.23 bits per heavy atom. The second-order valence-electron chi connectivity index (χ2n) is 3.66. The molecule has 0 aliphatic rings. The molecule has 1 heterocycles. The monoisotopic (exact) mass is 201 g/mol. The lowest BCUT2D eigenvalue weighted by molar-refractivity contribution is 0.625. The van der Waals surface area contributed by atoms with Gasteiger partial charge in [-0.15, -0.1) is 0 Å². The van der Waals surface area contributed by atoms with Gasteiger partial charge in [-0.05, 0) is 32.4 Å². The van der Waals surface area contributed by atoms with Crippen molar-refractivity contribution in [1.82, 2.24) is 15.0 Å². The van der Waals surface area contributed by atoms with Crippen molar-refractivity contribution < 1.29 is 0 Å². The Labute approximate surface area is 81.7 Å². The van der Waals surface area contributed by atoms with Crippen LogP contribution in [0.4, 0.5) is 11.9 Å². The molecular weight excluding hydrogens is 190 g/mol. The number of aromatic nitrogens is 3. The van der Waals surface area contributed by atoms with Crippen molar-refractivity contribution in [3.8, 4) is 0 Å². The van der Waals surface area contributed by atoms with Crippen LogP contribution < -0.4 is 11.1 Å². The van der Waals surface area contributed by atoms with Gasteiger partial charge in [-0.1, -0.05) is 0 Å². The summed E-state index contributed by atoms with van der Waals surface area (Å²) in [5.74, 6) is 0.511. The molecule has 0 aliphatic carbocycles. The van der Waals surface area contributed by atoms with Crippen LogP contribution in [0, 0.1) is 0 Å². The van der Waals surface area contributed by atoms with Crippen LogP contribution in [0.15, 0.2) is 0 Å². The largest absolute Gasteiger partial charge is 0.368 e. The Balaban J connectivity index is 2.90. The average molecular weight is 202 g/mol. The predicted octanol–water partition coefficient (Wildman–Crippen LogP) is 1.32. The summed E-state index contributed by atoms with van der Waals surface area (Å²) in [5, 5.41) is 3.13. The number of hydrogen-bond donors (Lipinski definition) is 2. The number of anilines is 2. The van der Waals surface area contributed by atoms with Crippen LogP contribution in [0.2, 0.25) is 5.28 Å². The molecule has 1 aromatic rings. The van der Waals surface area contributed by atoms with E-state index < -0.39 is 0 Å². The van der Waals surface area contributed by atoms with Gasteiger partial charge in [0, 0.05) is 5.54 Å². The van der Waals surface area contributed by atoms with Crippen molar-refractivity contribution in [2.75, 3.05) is 11.1 Å². The van der Waals surface area contributed by atoms with E-state index in [4.69, 9.17) is 17.3 Å². The average Bonchev–Trinajstić information content (AvgIpc) is 1.78. The third-order valence-electron chi connectivity index (χ3n) is 1.11. The van der Waals surface area contributed by atoms with Crippen molar-refractivity contribution in [2.45, 2.75) is 26.3 Å². The van der Waals surface area contributed by atoms with E-state index in [1.54, 1.807) is 0 Å². The fraction of sp³-hybridized carbons (Fsp3) is 0.571. The van der Waals surface area contributed by atoms with Gasteiger partial charge in [0.05, 0.1) is 0 Å². The van der Waals surface area contributed by atoms with E-state index >= 15 is 0 Å². The highest BCUT2D eigenvalue weighted by molar-refractivity contribution is 6.28. The number of nitrogens with one attached hydrogen (secondary N) is 1. The molecule has 3 N–H and O–H groups in total. The molecule has 6 heteroatoms. The third kappa shape index (κ3) is 3.42. The minimum absolute atomic E-state index is 0.0965. The molecule has 0 saturated heterocycles. The molecular formula is C7H12ClN5. The van der Waals surface area contributed by atoms with Crippen LogP contribution in [-0.2, 0) is 0 Å². The molecule has 0 aromatic carbocycles. The quantitative estimate of drug-likeness (QED) is 0.717. The number of rotatable bonds is 1. The second-order valence-corrected chi connectivity index (χ2v) is 4.00. The van der Waals surface area contributed by atoms with Crippen LogP contribution >= 0.6 is 11.6 Å². The summed E-state index contributed by atoms with van der Waals surface area (Å²) >= 11 is 5.60. The fourth-order valence-corrected chi connectivity index (χ4v) is 0.923. The van der Waals surface area contributed by atoms with E-state index in [2.05, 4.69) is 20.3 Å².